The van der Waals surface area contributed by atoms with Gasteiger partial charge in [-0.05, 0) is 52.7 Å². The smallest absolute Gasteiger partial charge is 0.341 e. The second-order valence-corrected chi connectivity index (χ2v) is 10.7. The van der Waals surface area contributed by atoms with Crippen LogP contribution in [0.4, 0.5) is 5.69 Å². The standard InChI is InChI=1S/C25H30N4O5S/c1-5-34-25(31)22-16(3)27-17(4)23(22)35(32,33)29-12-8-9-18(14-29)24(30)28-21-13-15(2)26-20-11-7-6-10-19(20)21/h6-7,10-11,13,18,27H,5,8-9,12,14H2,1-4H3,(H,26,28,30). The maximum atomic E-state index is 13.7. The minimum absolute atomic E-state index is 0.0228. The number of anilines is 1. The van der Waals surface area contributed by atoms with E-state index in [0.29, 0.717) is 29.9 Å². The fraction of sp³-hybridized carbons (Fsp3) is 0.400. The Kier molecular flexibility index (Phi) is 6.95. The van der Waals surface area contributed by atoms with Gasteiger partial charge < -0.3 is 15.0 Å². The number of carbonyl (C=O) groups excluding carboxylic acids is 2. The number of aromatic amines is 1. The lowest BCUT2D eigenvalue weighted by molar-refractivity contribution is -0.120. The highest BCUT2D eigenvalue weighted by molar-refractivity contribution is 7.89. The molecular formula is C25H30N4O5S. The highest BCUT2D eigenvalue weighted by Crippen LogP contribution is 2.31. The predicted molar refractivity (Wildman–Crippen MR) is 133 cm³/mol. The van der Waals surface area contributed by atoms with Gasteiger partial charge in [0.25, 0.3) is 0 Å². The van der Waals surface area contributed by atoms with Crippen molar-refractivity contribution in [3.8, 4) is 0 Å². The largest absolute Gasteiger partial charge is 0.462 e. The van der Waals surface area contributed by atoms with Crippen LogP contribution in [0.2, 0.25) is 0 Å². The predicted octanol–water partition coefficient (Wildman–Crippen LogP) is 3.70. The quantitative estimate of drug-likeness (QED) is 0.500. The molecule has 4 rings (SSSR count). The van der Waals surface area contributed by atoms with Crippen molar-refractivity contribution in [3.63, 3.8) is 0 Å². The monoisotopic (exact) mass is 498 g/mol. The Balaban J connectivity index is 1.59. The van der Waals surface area contributed by atoms with Crippen molar-refractivity contribution < 1.29 is 22.7 Å². The lowest BCUT2D eigenvalue weighted by atomic mass is 9.98. The molecule has 1 saturated heterocycles. The fourth-order valence-corrected chi connectivity index (χ4v) is 6.62. The third-order valence-corrected chi connectivity index (χ3v) is 8.29. The number of carbonyl (C=O) groups is 2. The van der Waals surface area contributed by atoms with Crippen molar-refractivity contribution in [2.45, 2.75) is 45.4 Å². The maximum Gasteiger partial charge on any atom is 0.341 e. The molecule has 1 unspecified atom stereocenters. The van der Waals surface area contributed by atoms with Gasteiger partial charge in [-0.25, -0.2) is 13.2 Å². The van der Waals surface area contributed by atoms with Gasteiger partial charge in [-0.15, -0.1) is 0 Å². The Labute approximate surface area is 204 Å². The molecular weight excluding hydrogens is 468 g/mol. The van der Waals surface area contributed by atoms with Gasteiger partial charge in [-0.1, -0.05) is 18.2 Å². The number of hydrogen-bond donors (Lipinski definition) is 2. The van der Waals surface area contributed by atoms with Crippen molar-refractivity contribution in [2.24, 2.45) is 5.92 Å². The van der Waals surface area contributed by atoms with Crippen LogP contribution in [0.15, 0.2) is 35.2 Å². The summed E-state index contributed by atoms with van der Waals surface area (Å²) < 4.78 is 33.7. The van der Waals surface area contributed by atoms with Crippen LogP contribution in [0, 0.1) is 26.7 Å². The van der Waals surface area contributed by atoms with E-state index in [2.05, 4.69) is 15.3 Å². The molecule has 1 fully saturated rings. The van der Waals surface area contributed by atoms with Crippen LogP contribution in [0.1, 0.15) is 47.2 Å². The summed E-state index contributed by atoms with van der Waals surface area (Å²) in [6.45, 7) is 7.23. The third-order valence-electron chi connectivity index (χ3n) is 6.25. The molecule has 1 amide bonds. The van der Waals surface area contributed by atoms with Crippen LogP contribution in [0.5, 0.6) is 0 Å². The molecule has 0 spiro atoms. The summed E-state index contributed by atoms with van der Waals surface area (Å²) >= 11 is 0. The first kappa shape index (κ1) is 24.9. The molecule has 0 saturated carbocycles. The van der Waals surface area contributed by atoms with E-state index in [1.54, 1.807) is 20.8 Å². The van der Waals surface area contributed by atoms with Crippen molar-refractivity contribution in [1.82, 2.24) is 14.3 Å². The van der Waals surface area contributed by atoms with E-state index in [0.717, 1.165) is 16.6 Å². The van der Waals surface area contributed by atoms with E-state index >= 15 is 0 Å². The molecule has 9 nitrogen and oxygen atoms in total. The average molecular weight is 499 g/mol. The molecule has 3 heterocycles. The van der Waals surface area contributed by atoms with Crippen molar-refractivity contribution in [3.05, 3.63) is 53.0 Å². The van der Waals surface area contributed by atoms with E-state index < -0.39 is 21.9 Å². The minimum Gasteiger partial charge on any atom is -0.462 e. The van der Waals surface area contributed by atoms with Crippen LogP contribution in [-0.4, -0.2) is 54.3 Å². The molecule has 0 radical (unpaired) electrons. The summed E-state index contributed by atoms with van der Waals surface area (Å²) in [5, 5.41) is 3.81. The third kappa shape index (κ3) is 4.81. The number of esters is 1. The molecule has 1 aliphatic heterocycles. The van der Waals surface area contributed by atoms with Crippen LogP contribution in [-0.2, 0) is 19.6 Å². The second-order valence-electron chi connectivity index (χ2n) is 8.82. The Hall–Kier alpha value is -3.24. The number of pyridine rings is 1. The first-order chi connectivity index (χ1) is 16.6. The molecule has 1 atom stereocenters. The van der Waals surface area contributed by atoms with Crippen molar-refractivity contribution in [2.75, 3.05) is 25.0 Å². The number of aryl methyl sites for hydroxylation is 3. The summed E-state index contributed by atoms with van der Waals surface area (Å²) in [7, 11) is -4.04. The van der Waals surface area contributed by atoms with Crippen LogP contribution >= 0.6 is 0 Å². The van der Waals surface area contributed by atoms with Gasteiger partial charge in [-0.2, -0.15) is 4.31 Å². The number of H-pyrrole nitrogens is 1. The number of fused-ring (bicyclic) bond motifs is 1. The Morgan fingerprint density at radius 2 is 1.94 bits per heavy atom. The van der Waals surface area contributed by atoms with E-state index in [-0.39, 0.29) is 36.1 Å². The number of aromatic nitrogens is 2. The first-order valence-corrected chi connectivity index (χ1v) is 13.1. The summed E-state index contributed by atoms with van der Waals surface area (Å²) in [6, 6.07) is 9.36. The highest BCUT2D eigenvalue weighted by Gasteiger charge is 2.38. The number of ether oxygens (including phenoxy) is 1. The van der Waals surface area contributed by atoms with Gasteiger partial charge in [0.05, 0.1) is 23.7 Å². The van der Waals surface area contributed by atoms with Crippen LogP contribution in [0.25, 0.3) is 10.9 Å². The van der Waals surface area contributed by atoms with Crippen LogP contribution in [0.3, 0.4) is 0 Å². The summed E-state index contributed by atoms with van der Waals surface area (Å²) in [5.74, 6) is -1.45. The first-order valence-electron chi connectivity index (χ1n) is 11.7. The Morgan fingerprint density at radius 1 is 1.20 bits per heavy atom. The van der Waals surface area contributed by atoms with Crippen molar-refractivity contribution in [1.29, 1.82) is 0 Å². The number of hydrogen-bond acceptors (Lipinski definition) is 6. The Morgan fingerprint density at radius 3 is 2.69 bits per heavy atom. The number of sulfonamides is 1. The highest BCUT2D eigenvalue weighted by atomic mass is 32.2. The molecule has 2 aromatic heterocycles. The normalized spacial score (nSPS) is 16.9. The lowest BCUT2D eigenvalue weighted by Crippen LogP contribution is -2.44. The zero-order chi connectivity index (χ0) is 25.3. The molecule has 0 bridgehead atoms. The second kappa shape index (κ2) is 9.79. The maximum absolute atomic E-state index is 13.7. The summed E-state index contributed by atoms with van der Waals surface area (Å²) in [4.78, 5) is 33.2. The van der Waals surface area contributed by atoms with Gasteiger partial charge in [0.1, 0.15) is 10.5 Å². The number of rotatable bonds is 6. The van der Waals surface area contributed by atoms with Gasteiger partial charge in [0.2, 0.25) is 15.9 Å². The van der Waals surface area contributed by atoms with Gasteiger partial charge in [0.15, 0.2) is 0 Å². The molecule has 1 aliphatic rings. The zero-order valence-corrected chi connectivity index (χ0v) is 21.2. The molecule has 35 heavy (non-hydrogen) atoms. The van der Waals surface area contributed by atoms with Gasteiger partial charge in [-0.3, -0.25) is 9.78 Å². The number of nitrogens with zero attached hydrogens (tertiary/aromatic N) is 2. The van der Waals surface area contributed by atoms with Crippen molar-refractivity contribution >= 4 is 38.5 Å². The number of amides is 1. The number of para-hydroxylation sites is 1. The SMILES string of the molecule is CCOC(=O)c1c(C)[nH]c(C)c1S(=O)(=O)N1CCCC(C(=O)Nc2cc(C)nc3ccccc23)C1. The van der Waals surface area contributed by atoms with E-state index in [4.69, 9.17) is 4.74 Å². The minimum atomic E-state index is -4.04. The molecule has 10 heteroatoms. The Bertz CT molecular complexity index is 1400. The molecule has 186 valence electrons. The van der Waals surface area contributed by atoms with Crippen LogP contribution < -0.4 is 5.32 Å². The fourth-order valence-electron chi connectivity index (χ4n) is 4.68. The molecule has 1 aromatic carbocycles. The number of benzene rings is 1. The van der Waals surface area contributed by atoms with E-state index in [1.165, 1.54) is 4.31 Å². The topological polar surface area (TPSA) is 121 Å². The average Bonchev–Trinajstić information content (AvgIpc) is 3.13. The van der Waals surface area contributed by atoms with Gasteiger partial charge >= 0.3 is 5.97 Å². The molecule has 2 N–H and O–H groups in total. The van der Waals surface area contributed by atoms with Gasteiger partial charge in [0, 0.05) is 35.6 Å². The zero-order valence-electron chi connectivity index (χ0n) is 20.3. The lowest BCUT2D eigenvalue weighted by Gasteiger charge is -2.31. The van der Waals surface area contributed by atoms with E-state index in [9.17, 15) is 18.0 Å². The summed E-state index contributed by atoms with van der Waals surface area (Å²) in [6.07, 6.45) is 1.10. The number of piperidine rings is 1. The molecule has 0 aliphatic carbocycles. The number of nitrogens with one attached hydrogen (secondary N) is 2. The molecule has 3 aromatic rings. The van der Waals surface area contributed by atoms with E-state index in [1.807, 2.05) is 37.3 Å². The summed E-state index contributed by atoms with van der Waals surface area (Å²) in [5.41, 5.74) is 3.04.